The van der Waals surface area contributed by atoms with Crippen molar-refractivity contribution >= 4 is 40.1 Å². The van der Waals surface area contributed by atoms with Crippen LogP contribution in [0, 0.1) is 0 Å². The summed E-state index contributed by atoms with van der Waals surface area (Å²) in [6.07, 6.45) is 1.46. The molecule has 0 bridgehead atoms. The molecule has 0 fully saturated rings. The normalized spacial score (nSPS) is 9.33. The van der Waals surface area contributed by atoms with E-state index in [0.717, 1.165) is 0 Å². The highest BCUT2D eigenvalue weighted by Gasteiger charge is 1.89. The fourth-order valence-corrected chi connectivity index (χ4v) is 0.509. The van der Waals surface area contributed by atoms with Crippen molar-refractivity contribution in [3.8, 4) is 0 Å². The molecule has 0 unspecified atom stereocenters. The van der Waals surface area contributed by atoms with E-state index in [-0.39, 0.29) is 0 Å². The van der Waals surface area contributed by atoms with E-state index in [1.54, 1.807) is 6.07 Å². The van der Waals surface area contributed by atoms with E-state index in [2.05, 4.69) is 4.98 Å². The van der Waals surface area contributed by atoms with Gasteiger partial charge in [-0.2, -0.15) is 0 Å². The SMILES string of the molecule is [B]c1cnc([B])c([B])c1. The Morgan fingerprint density at radius 1 is 1.22 bits per heavy atom. The van der Waals surface area contributed by atoms with Gasteiger partial charge in [0.15, 0.2) is 0 Å². The van der Waals surface area contributed by atoms with Gasteiger partial charge in [-0.15, -0.1) is 0 Å². The average molecular weight is 109 g/mol. The number of aromatic nitrogens is 1. The maximum atomic E-state index is 5.35. The van der Waals surface area contributed by atoms with Gasteiger partial charge in [-0.3, -0.25) is 4.98 Å². The fraction of sp³-hybridized carbons (Fsp3) is 0. The van der Waals surface area contributed by atoms with Gasteiger partial charge in [0.1, 0.15) is 23.5 Å². The van der Waals surface area contributed by atoms with Crippen molar-refractivity contribution in [2.45, 2.75) is 0 Å². The van der Waals surface area contributed by atoms with E-state index in [1.807, 2.05) is 0 Å². The third-order valence-electron chi connectivity index (χ3n) is 0.971. The van der Waals surface area contributed by atoms with Crippen LogP contribution in [0.15, 0.2) is 12.3 Å². The van der Waals surface area contributed by atoms with E-state index < -0.39 is 0 Å². The first kappa shape index (κ1) is 6.46. The molecule has 1 nitrogen and oxygen atoms in total. The lowest BCUT2D eigenvalue weighted by Crippen LogP contribution is -2.32. The van der Waals surface area contributed by atoms with Crippen molar-refractivity contribution in [2.24, 2.45) is 0 Å². The summed E-state index contributed by atoms with van der Waals surface area (Å²) in [4.78, 5) is 3.71. The molecule has 1 rings (SSSR count). The van der Waals surface area contributed by atoms with Crippen molar-refractivity contribution in [1.82, 2.24) is 4.98 Å². The maximum absolute atomic E-state index is 5.35. The van der Waals surface area contributed by atoms with Crippen LogP contribution in [-0.4, -0.2) is 28.5 Å². The molecule has 0 atom stereocenters. The Balaban J connectivity index is 3.17. The van der Waals surface area contributed by atoms with Crippen molar-refractivity contribution in [2.75, 3.05) is 0 Å². The molecule has 9 heavy (non-hydrogen) atoms. The molecule has 36 valence electrons. The van der Waals surface area contributed by atoms with Gasteiger partial charge in [-0.05, 0) is 5.59 Å². The van der Waals surface area contributed by atoms with Gasteiger partial charge in [-0.25, -0.2) is 0 Å². The Bertz CT molecular complexity index is 223. The molecule has 0 spiro atoms. The summed E-state index contributed by atoms with van der Waals surface area (Å²) in [7, 11) is 16.0. The van der Waals surface area contributed by atoms with Crippen LogP contribution >= 0.6 is 0 Å². The third kappa shape index (κ3) is 1.38. The van der Waals surface area contributed by atoms with Crippen LogP contribution in [-0.2, 0) is 0 Å². The largest absolute Gasteiger partial charge is 0.274 e. The van der Waals surface area contributed by atoms with E-state index >= 15 is 0 Å². The Morgan fingerprint density at radius 2 is 1.89 bits per heavy atom. The van der Waals surface area contributed by atoms with E-state index in [4.69, 9.17) is 23.5 Å². The Kier molecular flexibility index (Phi) is 1.65. The maximum Gasteiger partial charge on any atom is 0.140 e. The number of pyridine rings is 1. The highest BCUT2D eigenvalue weighted by Crippen LogP contribution is 1.63. The lowest BCUT2D eigenvalue weighted by atomic mass is 9.82. The zero-order valence-corrected chi connectivity index (χ0v) is 4.83. The molecular formula is C5H2B3N. The van der Waals surface area contributed by atoms with Crippen LogP contribution in [0.3, 0.4) is 0 Å². The summed E-state index contributed by atoms with van der Waals surface area (Å²) in [5, 5.41) is 0. The molecule has 0 amide bonds. The molecule has 0 saturated heterocycles. The number of hydrogen-bond acceptors (Lipinski definition) is 1. The minimum atomic E-state index is 0.323. The second-order valence-corrected chi connectivity index (χ2v) is 1.74. The standard InChI is InChI=1S/C5H2B3N/c6-3-1-4(7)5(8)9-2-3/h1-2H. The van der Waals surface area contributed by atoms with Gasteiger partial charge in [0.05, 0.1) is 0 Å². The van der Waals surface area contributed by atoms with Crippen LogP contribution in [0.4, 0.5) is 0 Å². The van der Waals surface area contributed by atoms with Crippen LogP contribution in [0.2, 0.25) is 0 Å². The second kappa shape index (κ2) is 2.30. The molecule has 0 N–H and O–H groups in total. The molecule has 0 aliphatic heterocycles. The van der Waals surface area contributed by atoms with Crippen LogP contribution in [0.25, 0.3) is 0 Å². The first-order valence-electron chi connectivity index (χ1n) is 2.46. The van der Waals surface area contributed by atoms with Crippen molar-refractivity contribution < 1.29 is 0 Å². The van der Waals surface area contributed by atoms with Gasteiger partial charge >= 0.3 is 0 Å². The van der Waals surface area contributed by atoms with E-state index in [9.17, 15) is 0 Å². The van der Waals surface area contributed by atoms with Crippen LogP contribution in [0.1, 0.15) is 0 Å². The zero-order valence-electron chi connectivity index (χ0n) is 4.83. The average Bonchev–Trinajstić information content (AvgIpc) is 1.80. The van der Waals surface area contributed by atoms with Gasteiger partial charge in [-0.1, -0.05) is 17.0 Å². The molecular weight excluding hydrogens is 106 g/mol. The molecule has 0 aromatic carbocycles. The summed E-state index contributed by atoms with van der Waals surface area (Å²) in [5.41, 5.74) is 1.28. The van der Waals surface area contributed by atoms with Crippen LogP contribution in [0.5, 0.6) is 0 Å². The van der Waals surface area contributed by atoms with Gasteiger partial charge in [0.2, 0.25) is 0 Å². The smallest absolute Gasteiger partial charge is 0.140 e. The third-order valence-corrected chi connectivity index (χ3v) is 0.971. The summed E-state index contributed by atoms with van der Waals surface area (Å²) in [5.74, 6) is 0. The molecule has 1 aromatic heterocycles. The molecule has 0 aliphatic rings. The first-order chi connectivity index (χ1) is 4.20. The molecule has 6 radical (unpaired) electrons. The quantitative estimate of drug-likeness (QED) is 0.334. The summed E-state index contributed by atoms with van der Waals surface area (Å²) >= 11 is 0. The molecule has 0 aliphatic carbocycles. The Labute approximate surface area is 58.1 Å². The lowest BCUT2D eigenvalue weighted by Gasteiger charge is -1.98. The van der Waals surface area contributed by atoms with Crippen LogP contribution < -0.4 is 16.5 Å². The molecule has 1 aromatic rings. The molecule has 4 heteroatoms. The fourth-order valence-electron chi connectivity index (χ4n) is 0.509. The first-order valence-corrected chi connectivity index (χ1v) is 2.46. The number of rotatable bonds is 0. The Hall–Kier alpha value is -0.655. The van der Waals surface area contributed by atoms with Gasteiger partial charge in [0.25, 0.3) is 0 Å². The minimum absolute atomic E-state index is 0.323. The highest BCUT2D eigenvalue weighted by atomic mass is 14.6. The number of hydrogen-bond donors (Lipinski definition) is 0. The van der Waals surface area contributed by atoms with E-state index in [1.165, 1.54) is 6.20 Å². The minimum Gasteiger partial charge on any atom is -0.274 e. The molecule has 0 saturated carbocycles. The molecule has 1 heterocycles. The van der Waals surface area contributed by atoms with Crippen molar-refractivity contribution in [3.05, 3.63) is 12.3 Å². The number of nitrogens with zero attached hydrogens (tertiary/aromatic N) is 1. The summed E-state index contributed by atoms with van der Waals surface area (Å²) in [6.45, 7) is 0. The second-order valence-electron chi connectivity index (χ2n) is 1.74. The highest BCUT2D eigenvalue weighted by molar-refractivity contribution is 6.48. The topological polar surface area (TPSA) is 12.9 Å². The van der Waals surface area contributed by atoms with E-state index in [0.29, 0.717) is 16.5 Å². The Morgan fingerprint density at radius 3 is 2.33 bits per heavy atom. The predicted molar refractivity (Wildman–Crippen MR) is 40.4 cm³/mol. The monoisotopic (exact) mass is 109 g/mol. The summed E-state index contributed by atoms with van der Waals surface area (Å²) < 4.78 is 0. The van der Waals surface area contributed by atoms with Crippen molar-refractivity contribution in [1.29, 1.82) is 0 Å². The lowest BCUT2D eigenvalue weighted by molar-refractivity contribution is 1.43. The zero-order chi connectivity index (χ0) is 6.85. The van der Waals surface area contributed by atoms with Gasteiger partial charge < -0.3 is 0 Å². The van der Waals surface area contributed by atoms with Gasteiger partial charge in [0, 0.05) is 6.20 Å². The van der Waals surface area contributed by atoms with Crippen molar-refractivity contribution in [3.63, 3.8) is 0 Å². The predicted octanol–water partition coefficient (Wildman–Crippen LogP) is -2.54. The summed E-state index contributed by atoms with van der Waals surface area (Å²) in [6, 6.07) is 1.57.